The second kappa shape index (κ2) is 3.78. The summed E-state index contributed by atoms with van der Waals surface area (Å²) in [6, 6.07) is 8.67. The topological polar surface area (TPSA) is 16.1 Å². The highest BCUT2D eigenvalue weighted by atomic mass is 15.1. The molecule has 1 aliphatic rings. The molecule has 1 fully saturated rings. The lowest BCUT2D eigenvalue weighted by atomic mass is 10.1. The van der Waals surface area contributed by atoms with E-state index in [0.717, 1.165) is 5.69 Å². The number of pyridine rings is 1. The minimum absolute atomic E-state index is 1.12. The van der Waals surface area contributed by atoms with Crippen molar-refractivity contribution in [1.82, 2.24) is 4.98 Å². The van der Waals surface area contributed by atoms with Crippen LogP contribution in [0.1, 0.15) is 18.5 Å². The zero-order chi connectivity index (χ0) is 11.0. The van der Waals surface area contributed by atoms with Crippen molar-refractivity contribution < 1.29 is 0 Å². The van der Waals surface area contributed by atoms with Crippen molar-refractivity contribution in [2.75, 3.05) is 18.0 Å². The Morgan fingerprint density at radius 2 is 1.88 bits per heavy atom. The molecule has 0 atom stereocenters. The Morgan fingerprint density at radius 1 is 1.06 bits per heavy atom. The van der Waals surface area contributed by atoms with Gasteiger partial charge >= 0.3 is 0 Å². The average molecular weight is 212 g/mol. The number of nitrogens with zero attached hydrogens (tertiary/aromatic N) is 2. The predicted molar refractivity (Wildman–Crippen MR) is 67.9 cm³/mol. The molecule has 1 saturated heterocycles. The lowest BCUT2D eigenvalue weighted by Gasteiger charge is -2.20. The van der Waals surface area contributed by atoms with Gasteiger partial charge in [-0.25, -0.2) is 0 Å². The van der Waals surface area contributed by atoms with E-state index in [1.165, 1.54) is 42.4 Å². The first-order chi connectivity index (χ1) is 7.86. The molecule has 1 aromatic carbocycles. The molecule has 0 bridgehead atoms. The van der Waals surface area contributed by atoms with Crippen LogP contribution in [0.5, 0.6) is 0 Å². The molecule has 1 aromatic heterocycles. The van der Waals surface area contributed by atoms with Gasteiger partial charge in [-0.3, -0.25) is 4.98 Å². The Hall–Kier alpha value is -1.57. The Kier molecular flexibility index (Phi) is 2.28. The summed E-state index contributed by atoms with van der Waals surface area (Å²) in [5.74, 6) is 0. The summed E-state index contributed by atoms with van der Waals surface area (Å²) in [5, 5.41) is 2.63. The third kappa shape index (κ3) is 1.45. The fourth-order valence-corrected chi connectivity index (χ4v) is 2.57. The van der Waals surface area contributed by atoms with Gasteiger partial charge in [0.05, 0.1) is 0 Å². The van der Waals surface area contributed by atoms with Crippen LogP contribution in [0.3, 0.4) is 0 Å². The van der Waals surface area contributed by atoms with Crippen LogP contribution in [0.2, 0.25) is 0 Å². The molecular weight excluding hydrogens is 196 g/mol. The summed E-state index contributed by atoms with van der Waals surface area (Å²) < 4.78 is 0. The van der Waals surface area contributed by atoms with Crippen molar-refractivity contribution in [3.05, 3.63) is 36.2 Å². The van der Waals surface area contributed by atoms with Gasteiger partial charge in [0.1, 0.15) is 0 Å². The number of aromatic nitrogens is 1. The van der Waals surface area contributed by atoms with E-state index in [4.69, 9.17) is 0 Å². The molecule has 2 aromatic rings. The molecular formula is C14H16N2. The molecule has 0 radical (unpaired) electrons. The summed E-state index contributed by atoms with van der Waals surface area (Å²) in [4.78, 5) is 6.84. The Balaban J connectivity index is 2.20. The number of fused-ring (bicyclic) bond motifs is 1. The SMILES string of the molecule is Cc1nccc2c(N3CCCC3)cccc12. The highest BCUT2D eigenvalue weighted by molar-refractivity contribution is 5.95. The molecule has 16 heavy (non-hydrogen) atoms. The monoisotopic (exact) mass is 212 g/mol. The van der Waals surface area contributed by atoms with E-state index in [1.54, 1.807) is 0 Å². The summed E-state index contributed by atoms with van der Waals surface area (Å²) in [6.07, 6.45) is 4.55. The van der Waals surface area contributed by atoms with Crippen molar-refractivity contribution in [3.63, 3.8) is 0 Å². The first kappa shape index (κ1) is 9.64. The molecule has 2 nitrogen and oxygen atoms in total. The van der Waals surface area contributed by atoms with E-state index in [9.17, 15) is 0 Å². The van der Waals surface area contributed by atoms with E-state index in [-0.39, 0.29) is 0 Å². The lowest BCUT2D eigenvalue weighted by molar-refractivity contribution is 0.949. The second-order valence-corrected chi connectivity index (χ2v) is 4.46. The van der Waals surface area contributed by atoms with E-state index < -0.39 is 0 Å². The molecule has 82 valence electrons. The molecule has 1 aliphatic heterocycles. The lowest BCUT2D eigenvalue weighted by Crippen LogP contribution is -2.17. The standard InChI is InChI=1S/C14H16N2/c1-11-12-5-4-6-14(13(12)7-8-15-11)16-9-2-3-10-16/h4-8H,2-3,9-10H2,1H3. The van der Waals surface area contributed by atoms with Crippen molar-refractivity contribution in [3.8, 4) is 0 Å². The number of aryl methyl sites for hydroxylation is 1. The van der Waals surface area contributed by atoms with Crippen LogP contribution < -0.4 is 4.90 Å². The van der Waals surface area contributed by atoms with Gasteiger partial charge in [0.25, 0.3) is 0 Å². The summed E-state index contributed by atoms with van der Waals surface area (Å²) in [5.41, 5.74) is 2.50. The number of rotatable bonds is 1. The maximum Gasteiger partial charge on any atom is 0.0451 e. The second-order valence-electron chi connectivity index (χ2n) is 4.46. The van der Waals surface area contributed by atoms with Gasteiger partial charge < -0.3 is 4.90 Å². The molecule has 2 heterocycles. The molecule has 0 amide bonds. The molecule has 0 spiro atoms. The van der Waals surface area contributed by atoms with Crippen molar-refractivity contribution in [2.24, 2.45) is 0 Å². The van der Waals surface area contributed by atoms with Crippen LogP contribution in [0.4, 0.5) is 5.69 Å². The van der Waals surface area contributed by atoms with E-state index in [0.29, 0.717) is 0 Å². The number of anilines is 1. The first-order valence-corrected chi connectivity index (χ1v) is 5.95. The maximum atomic E-state index is 4.36. The third-order valence-electron chi connectivity index (χ3n) is 3.43. The molecule has 0 aliphatic carbocycles. The van der Waals surface area contributed by atoms with E-state index in [2.05, 4.69) is 41.1 Å². The molecule has 0 N–H and O–H groups in total. The maximum absolute atomic E-state index is 4.36. The number of hydrogen-bond acceptors (Lipinski definition) is 2. The van der Waals surface area contributed by atoms with E-state index >= 15 is 0 Å². The van der Waals surface area contributed by atoms with Crippen LogP contribution in [-0.2, 0) is 0 Å². The minimum Gasteiger partial charge on any atom is -0.371 e. The zero-order valence-electron chi connectivity index (χ0n) is 9.61. The van der Waals surface area contributed by atoms with Crippen LogP contribution >= 0.6 is 0 Å². The predicted octanol–water partition coefficient (Wildman–Crippen LogP) is 3.14. The minimum atomic E-state index is 1.12. The molecule has 2 heteroatoms. The van der Waals surface area contributed by atoms with E-state index in [1.807, 2.05) is 6.20 Å². The molecule has 0 unspecified atom stereocenters. The summed E-state index contributed by atoms with van der Waals surface area (Å²) >= 11 is 0. The summed E-state index contributed by atoms with van der Waals surface area (Å²) in [6.45, 7) is 4.47. The number of hydrogen-bond donors (Lipinski definition) is 0. The van der Waals surface area contributed by atoms with Crippen molar-refractivity contribution in [2.45, 2.75) is 19.8 Å². The molecule has 0 saturated carbocycles. The van der Waals surface area contributed by atoms with Gasteiger partial charge in [0.2, 0.25) is 0 Å². The highest BCUT2D eigenvalue weighted by Gasteiger charge is 2.14. The Morgan fingerprint density at radius 3 is 2.69 bits per heavy atom. The van der Waals surface area contributed by atoms with Crippen molar-refractivity contribution >= 4 is 16.5 Å². The highest BCUT2D eigenvalue weighted by Crippen LogP contribution is 2.29. The first-order valence-electron chi connectivity index (χ1n) is 5.95. The largest absolute Gasteiger partial charge is 0.371 e. The van der Waals surface area contributed by atoms with Crippen LogP contribution in [0.15, 0.2) is 30.5 Å². The smallest absolute Gasteiger partial charge is 0.0451 e. The zero-order valence-corrected chi connectivity index (χ0v) is 9.61. The van der Waals surface area contributed by atoms with Crippen LogP contribution in [0, 0.1) is 6.92 Å². The fraction of sp³-hybridized carbons (Fsp3) is 0.357. The van der Waals surface area contributed by atoms with Crippen molar-refractivity contribution in [1.29, 1.82) is 0 Å². The van der Waals surface area contributed by atoms with Crippen LogP contribution in [-0.4, -0.2) is 18.1 Å². The normalized spacial score (nSPS) is 15.9. The van der Waals surface area contributed by atoms with Gasteiger partial charge in [-0.05, 0) is 31.9 Å². The quantitative estimate of drug-likeness (QED) is 0.722. The third-order valence-corrected chi connectivity index (χ3v) is 3.43. The van der Waals surface area contributed by atoms with Crippen LogP contribution in [0.25, 0.3) is 10.8 Å². The van der Waals surface area contributed by atoms with Gasteiger partial charge in [-0.1, -0.05) is 12.1 Å². The van der Waals surface area contributed by atoms with Gasteiger partial charge in [0.15, 0.2) is 0 Å². The Bertz CT molecular complexity index is 513. The average Bonchev–Trinajstić information content (AvgIpc) is 2.82. The Labute approximate surface area is 95.9 Å². The van der Waals surface area contributed by atoms with Gasteiger partial charge in [0, 0.05) is 41.4 Å². The number of benzene rings is 1. The molecule has 3 rings (SSSR count). The summed E-state index contributed by atoms with van der Waals surface area (Å²) in [7, 11) is 0. The van der Waals surface area contributed by atoms with Gasteiger partial charge in [-0.2, -0.15) is 0 Å². The van der Waals surface area contributed by atoms with Gasteiger partial charge in [-0.15, -0.1) is 0 Å². The fourth-order valence-electron chi connectivity index (χ4n) is 2.57.